The molecule has 110 valence electrons. The van der Waals surface area contributed by atoms with E-state index < -0.39 is 6.10 Å². The maximum Gasteiger partial charge on any atom is 0.122 e. The fourth-order valence-electron chi connectivity index (χ4n) is 3.03. The third-order valence-corrected chi connectivity index (χ3v) is 4.35. The van der Waals surface area contributed by atoms with Crippen LogP contribution in [0.15, 0.2) is 18.2 Å². The molecule has 0 aliphatic carbocycles. The molecule has 1 aromatic rings. The van der Waals surface area contributed by atoms with Gasteiger partial charge in [0, 0.05) is 19.1 Å². The molecule has 0 spiro atoms. The Kier molecular flexibility index (Phi) is 4.24. The second-order valence-corrected chi connectivity index (χ2v) is 5.65. The first-order chi connectivity index (χ1) is 9.75. The zero-order valence-corrected chi connectivity index (χ0v) is 12.0. The van der Waals surface area contributed by atoms with Crippen LogP contribution in [0.3, 0.4) is 0 Å². The summed E-state index contributed by atoms with van der Waals surface area (Å²) in [5.41, 5.74) is 2.22. The quantitative estimate of drug-likeness (QED) is 0.914. The maximum atomic E-state index is 10.6. The molecule has 1 aromatic carbocycles. The van der Waals surface area contributed by atoms with Crippen molar-refractivity contribution in [2.45, 2.75) is 31.9 Å². The molecule has 0 unspecified atom stereocenters. The van der Waals surface area contributed by atoms with Crippen molar-refractivity contribution in [1.29, 1.82) is 0 Å². The lowest BCUT2D eigenvalue weighted by Gasteiger charge is -2.35. The minimum Gasteiger partial charge on any atom is -0.493 e. The van der Waals surface area contributed by atoms with Crippen molar-refractivity contribution in [2.24, 2.45) is 0 Å². The highest BCUT2D eigenvalue weighted by Crippen LogP contribution is 2.30. The summed E-state index contributed by atoms with van der Waals surface area (Å²) in [6.07, 6.45) is 1.65. The van der Waals surface area contributed by atoms with Crippen LogP contribution in [0.4, 0.5) is 0 Å². The second-order valence-electron chi connectivity index (χ2n) is 5.65. The standard InChI is InChI=1S/C16H23NO3/c1-12(17-6-9-19-10-7-17)16(18)14-4-5-15-13(11-14)3-2-8-20-15/h4-5,11-12,16,18H,2-3,6-10H2,1H3/t12-,16-/m0/s1. The van der Waals surface area contributed by atoms with Crippen LogP contribution in [0, 0.1) is 0 Å². The van der Waals surface area contributed by atoms with E-state index in [1.54, 1.807) is 0 Å². The van der Waals surface area contributed by atoms with Crippen molar-refractivity contribution in [1.82, 2.24) is 4.90 Å². The third-order valence-electron chi connectivity index (χ3n) is 4.35. The number of fused-ring (bicyclic) bond motifs is 1. The van der Waals surface area contributed by atoms with Gasteiger partial charge >= 0.3 is 0 Å². The molecule has 0 amide bonds. The topological polar surface area (TPSA) is 41.9 Å². The summed E-state index contributed by atoms with van der Waals surface area (Å²) in [4.78, 5) is 2.30. The summed E-state index contributed by atoms with van der Waals surface area (Å²) in [6, 6.07) is 6.21. The van der Waals surface area contributed by atoms with Crippen molar-refractivity contribution in [3.05, 3.63) is 29.3 Å². The number of aryl methyl sites for hydroxylation is 1. The smallest absolute Gasteiger partial charge is 0.122 e. The van der Waals surface area contributed by atoms with Crippen LogP contribution in [0.1, 0.15) is 30.6 Å². The predicted octanol–water partition coefficient (Wildman–Crippen LogP) is 1.77. The van der Waals surface area contributed by atoms with Crippen molar-refractivity contribution in [3.63, 3.8) is 0 Å². The molecule has 4 heteroatoms. The molecule has 0 bridgehead atoms. The van der Waals surface area contributed by atoms with Gasteiger partial charge in [0.25, 0.3) is 0 Å². The van der Waals surface area contributed by atoms with Gasteiger partial charge < -0.3 is 14.6 Å². The Morgan fingerprint density at radius 3 is 2.80 bits per heavy atom. The average molecular weight is 277 g/mol. The van der Waals surface area contributed by atoms with Crippen molar-refractivity contribution in [2.75, 3.05) is 32.9 Å². The fraction of sp³-hybridized carbons (Fsp3) is 0.625. The lowest BCUT2D eigenvalue weighted by Crippen LogP contribution is -2.44. The van der Waals surface area contributed by atoms with Gasteiger partial charge in [0.1, 0.15) is 5.75 Å². The van der Waals surface area contributed by atoms with E-state index in [2.05, 4.69) is 17.9 Å². The van der Waals surface area contributed by atoms with Crippen LogP contribution < -0.4 is 4.74 Å². The molecule has 20 heavy (non-hydrogen) atoms. The van der Waals surface area contributed by atoms with E-state index in [1.165, 1.54) is 5.56 Å². The van der Waals surface area contributed by atoms with Gasteiger partial charge in [-0.1, -0.05) is 6.07 Å². The number of benzene rings is 1. The van der Waals surface area contributed by atoms with Gasteiger partial charge in [-0.2, -0.15) is 0 Å². The van der Waals surface area contributed by atoms with Gasteiger partial charge in [-0.25, -0.2) is 0 Å². The number of ether oxygens (including phenoxy) is 2. The number of aliphatic hydroxyl groups excluding tert-OH is 1. The van der Waals surface area contributed by atoms with Gasteiger partial charge in [0.15, 0.2) is 0 Å². The third kappa shape index (κ3) is 2.82. The molecule has 1 fully saturated rings. The molecule has 2 atom stereocenters. The fourth-order valence-corrected chi connectivity index (χ4v) is 3.03. The first-order valence-electron chi connectivity index (χ1n) is 7.51. The van der Waals surface area contributed by atoms with Gasteiger partial charge in [0.2, 0.25) is 0 Å². The van der Waals surface area contributed by atoms with E-state index in [-0.39, 0.29) is 6.04 Å². The molecule has 3 rings (SSSR count). The minimum atomic E-state index is -0.458. The molecule has 0 saturated carbocycles. The number of aliphatic hydroxyl groups is 1. The molecule has 0 radical (unpaired) electrons. The number of nitrogens with zero attached hydrogens (tertiary/aromatic N) is 1. The Hall–Kier alpha value is -1.10. The highest BCUT2D eigenvalue weighted by atomic mass is 16.5. The zero-order valence-electron chi connectivity index (χ0n) is 12.0. The van der Waals surface area contributed by atoms with Crippen LogP contribution >= 0.6 is 0 Å². The van der Waals surface area contributed by atoms with E-state index >= 15 is 0 Å². The Morgan fingerprint density at radius 2 is 2.00 bits per heavy atom. The summed E-state index contributed by atoms with van der Waals surface area (Å²) in [7, 11) is 0. The average Bonchev–Trinajstić information content (AvgIpc) is 2.54. The van der Waals surface area contributed by atoms with Gasteiger partial charge in [-0.05, 0) is 43.0 Å². The van der Waals surface area contributed by atoms with Crippen LogP contribution in [0.2, 0.25) is 0 Å². The number of hydrogen-bond acceptors (Lipinski definition) is 4. The minimum absolute atomic E-state index is 0.112. The van der Waals surface area contributed by atoms with Crippen LogP contribution in [-0.2, 0) is 11.2 Å². The van der Waals surface area contributed by atoms with Crippen molar-refractivity contribution < 1.29 is 14.6 Å². The van der Waals surface area contributed by atoms with E-state index in [0.29, 0.717) is 0 Å². The van der Waals surface area contributed by atoms with E-state index in [1.807, 2.05) is 12.1 Å². The van der Waals surface area contributed by atoms with E-state index in [0.717, 1.165) is 57.1 Å². The summed E-state index contributed by atoms with van der Waals surface area (Å²) in [6.45, 7) is 6.20. The number of hydrogen-bond donors (Lipinski definition) is 1. The lowest BCUT2D eigenvalue weighted by atomic mass is 9.97. The number of morpholine rings is 1. The Bertz CT molecular complexity index is 457. The van der Waals surface area contributed by atoms with Crippen LogP contribution in [-0.4, -0.2) is 49.0 Å². The zero-order chi connectivity index (χ0) is 13.9. The highest BCUT2D eigenvalue weighted by molar-refractivity contribution is 5.39. The maximum absolute atomic E-state index is 10.6. The SMILES string of the molecule is C[C@@H]([C@H](O)c1ccc2c(c1)CCCO2)N1CCOCC1. The molecule has 2 aliphatic heterocycles. The van der Waals surface area contributed by atoms with Crippen molar-refractivity contribution in [3.8, 4) is 5.75 Å². The highest BCUT2D eigenvalue weighted by Gasteiger charge is 2.25. The molecule has 1 N–H and O–H groups in total. The summed E-state index contributed by atoms with van der Waals surface area (Å²) in [5.74, 6) is 0.978. The van der Waals surface area contributed by atoms with Gasteiger partial charge in [-0.15, -0.1) is 0 Å². The largest absolute Gasteiger partial charge is 0.493 e. The Morgan fingerprint density at radius 1 is 1.20 bits per heavy atom. The van der Waals surface area contributed by atoms with E-state index in [4.69, 9.17) is 9.47 Å². The van der Waals surface area contributed by atoms with Gasteiger partial charge in [0.05, 0.1) is 25.9 Å². The molecular weight excluding hydrogens is 254 g/mol. The summed E-state index contributed by atoms with van der Waals surface area (Å²) >= 11 is 0. The second kappa shape index (κ2) is 6.12. The predicted molar refractivity (Wildman–Crippen MR) is 77.1 cm³/mol. The molecule has 2 aliphatic rings. The molecule has 1 saturated heterocycles. The molecule has 2 heterocycles. The monoisotopic (exact) mass is 277 g/mol. The van der Waals surface area contributed by atoms with Crippen molar-refractivity contribution >= 4 is 0 Å². The van der Waals surface area contributed by atoms with Crippen LogP contribution in [0.5, 0.6) is 5.75 Å². The lowest BCUT2D eigenvalue weighted by molar-refractivity contribution is -0.0166. The van der Waals surface area contributed by atoms with E-state index in [9.17, 15) is 5.11 Å². The molecule has 0 aromatic heterocycles. The first kappa shape index (κ1) is 13.9. The molecule has 4 nitrogen and oxygen atoms in total. The van der Waals surface area contributed by atoms with Gasteiger partial charge in [-0.3, -0.25) is 4.90 Å². The van der Waals surface area contributed by atoms with Crippen LogP contribution in [0.25, 0.3) is 0 Å². The Balaban J connectivity index is 1.74. The number of rotatable bonds is 3. The normalized spacial score (nSPS) is 22.7. The Labute approximate surface area is 120 Å². The summed E-state index contributed by atoms with van der Waals surface area (Å²) in [5, 5.41) is 10.6. The molecular formula is C16H23NO3. The summed E-state index contributed by atoms with van der Waals surface area (Å²) < 4.78 is 11.0. The first-order valence-corrected chi connectivity index (χ1v) is 7.51.